The molecule has 5 heteroatoms. The molecule has 2 heterocycles. The van der Waals surface area contributed by atoms with E-state index >= 15 is 0 Å². The van der Waals surface area contributed by atoms with Crippen LogP contribution in [0.2, 0.25) is 0 Å². The summed E-state index contributed by atoms with van der Waals surface area (Å²) in [5.74, 6) is -0.556. The number of likely N-dealkylation sites (tertiary alicyclic amines) is 1. The van der Waals surface area contributed by atoms with E-state index in [0.717, 1.165) is 31.7 Å². The highest BCUT2D eigenvalue weighted by molar-refractivity contribution is 7.09. The van der Waals surface area contributed by atoms with Crippen molar-refractivity contribution >= 4 is 17.3 Å². The molecule has 0 aliphatic carbocycles. The molecular weight excluding hydrogens is 236 g/mol. The van der Waals surface area contributed by atoms with Crippen LogP contribution in [-0.2, 0) is 11.2 Å². The number of aromatic nitrogens is 1. The number of nitrogens with zero attached hydrogens (tertiary/aromatic N) is 2. The summed E-state index contributed by atoms with van der Waals surface area (Å²) in [6.45, 7) is 6.71. The Bertz CT molecular complexity index is 399. The molecule has 0 radical (unpaired) electrons. The molecule has 1 N–H and O–H groups in total. The summed E-state index contributed by atoms with van der Waals surface area (Å²) in [5, 5.41) is 8.90. The van der Waals surface area contributed by atoms with Gasteiger partial charge in [0.2, 0.25) is 0 Å². The van der Waals surface area contributed by atoms with E-state index in [4.69, 9.17) is 5.11 Å². The summed E-state index contributed by atoms with van der Waals surface area (Å²) in [7, 11) is 0. The van der Waals surface area contributed by atoms with Crippen LogP contribution in [0.3, 0.4) is 0 Å². The lowest BCUT2D eigenvalue weighted by Crippen LogP contribution is -2.51. The van der Waals surface area contributed by atoms with E-state index in [0.29, 0.717) is 5.92 Å². The summed E-state index contributed by atoms with van der Waals surface area (Å²) in [5.41, 5.74) is 3.02. The zero-order chi connectivity index (χ0) is 12.4. The van der Waals surface area contributed by atoms with Gasteiger partial charge in [-0.15, -0.1) is 11.3 Å². The molecule has 1 aliphatic rings. The second-order valence-corrected chi connectivity index (χ2v) is 5.70. The quantitative estimate of drug-likeness (QED) is 0.868. The Balaban J connectivity index is 1.71. The fourth-order valence-electron chi connectivity index (χ4n) is 2.14. The summed E-state index contributed by atoms with van der Waals surface area (Å²) in [6, 6.07) is 0. The maximum Gasteiger partial charge on any atom is 0.306 e. The van der Waals surface area contributed by atoms with Gasteiger partial charge in [-0.05, 0) is 19.3 Å². The van der Waals surface area contributed by atoms with Gasteiger partial charge in [-0.2, -0.15) is 0 Å². The van der Waals surface area contributed by atoms with Gasteiger partial charge in [-0.25, -0.2) is 4.98 Å². The summed E-state index contributed by atoms with van der Waals surface area (Å²) >= 11 is 1.71. The maximum atomic E-state index is 10.8. The first-order chi connectivity index (χ1) is 8.08. The minimum Gasteiger partial charge on any atom is -0.481 e. The highest BCUT2D eigenvalue weighted by Gasteiger charge is 2.34. The van der Waals surface area contributed by atoms with Gasteiger partial charge in [0.15, 0.2) is 0 Å². The second kappa shape index (κ2) is 5.14. The van der Waals surface area contributed by atoms with Crippen molar-refractivity contribution in [1.29, 1.82) is 0 Å². The number of carbonyl (C=O) groups is 1. The Morgan fingerprint density at radius 1 is 1.71 bits per heavy atom. The molecule has 2 rings (SSSR count). The zero-order valence-electron chi connectivity index (χ0n) is 10.2. The van der Waals surface area contributed by atoms with Crippen LogP contribution in [0.1, 0.15) is 17.5 Å². The third-order valence-electron chi connectivity index (χ3n) is 3.58. The van der Waals surface area contributed by atoms with Crippen LogP contribution in [0, 0.1) is 18.8 Å². The van der Waals surface area contributed by atoms with Crippen LogP contribution in [0.15, 0.2) is 5.51 Å². The lowest BCUT2D eigenvalue weighted by Gasteiger charge is -2.41. The number of hydrogen-bond acceptors (Lipinski definition) is 4. The minimum absolute atomic E-state index is 0.212. The van der Waals surface area contributed by atoms with Crippen molar-refractivity contribution in [1.82, 2.24) is 9.88 Å². The Morgan fingerprint density at radius 2 is 2.41 bits per heavy atom. The molecule has 0 spiro atoms. The Labute approximate surface area is 105 Å². The molecule has 94 valence electrons. The maximum absolute atomic E-state index is 10.8. The Kier molecular flexibility index (Phi) is 3.79. The second-order valence-electron chi connectivity index (χ2n) is 4.76. The summed E-state index contributed by atoms with van der Waals surface area (Å²) in [6.07, 6.45) is 1.03. The number of aliphatic carboxylic acids is 1. The van der Waals surface area contributed by atoms with E-state index in [1.165, 1.54) is 4.88 Å². The normalized spacial score (nSPS) is 18.9. The summed E-state index contributed by atoms with van der Waals surface area (Å²) in [4.78, 5) is 18.7. The van der Waals surface area contributed by atoms with E-state index in [1.54, 1.807) is 18.3 Å². The Morgan fingerprint density at radius 3 is 2.94 bits per heavy atom. The molecule has 0 saturated carbocycles. The molecule has 1 atom stereocenters. The fourth-order valence-corrected chi connectivity index (χ4v) is 2.91. The Hall–Kier alpha value is -0.940. The van der Waals surface area contributed by atoms with Crippen molar-refractivity contribution in [3.05, 3.63) is 16.1 Å². The SMILES string of the molecule is Cc1ncsc1CCN1CC(C(C)C(=O)O)C1. The summed E-state index contributed by atoms with van der Waals surface area (Å²) < 4.78 is 0. The van der Waals surface area contributed by atoms with Crippen LogP contribution >= 0.6 is 11.3 Å². The molecule has 1 fully saturated rings. The van der Waals surface area contributed by atoms with Gasteiger partial charge in [0.05, 0.1) is 17.1 Å². The average molecular weight is 254 g/mol. The van der Waals surface area contributed by atoms with Gasteiger partial charge >= 0.3 is 5.97 Å². The molecule has 4 nitrogen and oxygen atoms in total. The highest BCUT2D eigenvalue weighted by Crippen LogP contribution is 2.24. The van der Waals surface area contributed by atoms with Crippen molar-refractivity contribution in [2.45, 2.75) is 20.3 Å². The molecule has 17 heavy (non-hydrogen) atoms. The first-order valence-corrected chi connectivity index (χ1v) is 6.80. The van der Waals surface area contributed by atoms with Crippen molar-refractivity contribution in [2.24, 2.45) is 11.8 Å². The number of carboxylic acids is 1. The lowest BCUT2D eigenvalue weighted by atomic mass is 9.87. The third kappa shape index (κ3) is 2.84. The average Bonchev–Trinajstić information content (AvgIpc) is 2.61. The standard InChI is InChI=1S/C12H18N2O2S/c1-8(12(15)16)10-5-14(6-10)4-3-11-9(2)13-7-17-11/h7-8,10H,3-6H2,1-2H3,(H,15,16). The van der Waals surface area contributed by atoms with E-state index in [-0.39, 0.29) is 5.92 Å². The first-order valence-electron chi connectivity index (χ1n) is 5.92. The first kappa shape index (κ1) is 12.5. The van der Waals surface area contributed by atoms with Crippen LogP contribution in [0.25, 0.3) is 0 Å². The number of hydrogen-bond donors (Lipinski definition) is 1. The highest BCUT2D eigenvalue weighted by atomic mass is 32.1. The van der Waals surface area contributed by atoms with Crippen molar-refractivity contribution in [2.75, 3.05) is 19.6 Å². The predicted octanol–water partition coefficient (Wildman–Crippen LogP) is 1.65. The monoisotopic (exact) mass is 254 g/mol. The molecule has 1 unspecified atom stereocenters. The van der Waals surface area contributed by atoms with Gasteiger partial charge in [0, 0.05) is 24.5 Å². The number of aryl methyl sites for hydroxylation is 1. The minimum atomic E-state index is -0.673. The molecular formula is C12H18N2O2S. The molecule has 1 aliphatic heterocycles. The smallest absolute Gasteiger partial charge is 0.306 e. The van der Waals surface area contributed by atoms with Crippen molar-refractivity contribution < 1.29 is 9.90 Å². The largest absolute Gasteiger partial charge is 0.481 e. The van der Waals surface area contributed by atoms with E-state index in [2.05, 4.69) is 9.88 Å². The molecule has 0 bridgehead atoms. The van der Waals surface area contributed by atoms with Gasteiger partial charge in [-0.1, -0.05) is 6.92 Å². The third-order valence-corrected chi connectivity index (χ3v) is 4.58. The topological polar surface area (TPSA) is 53.4 Å². The van der Waals surface area contributed by atoms with Crippen LogP contribution in [0.5, 0.6) is 0 Å². The van der Waals surface area contributed by atoms with Crippen molar-refractivity contribution in [3.63, 3.8) is 0 Å². The lowest BCUT2D eigenvalue weighted by molar-refractivity contribution is -0.145. The van der Waals surface area contributed by atoms with Gasteiger partial charge in [0.1, 0.15) is 0 Å². The van der Waals surface area contributed by atoms with Crippen LogP contribution in [0.4, 0.5) is 0 Å². The molecule has 1 saturated heterocycles. The van der Waals surface area contributed by atoms with Gasteiger partial charge < -0.3 is 10.0 Å². The van der Waals surface area contributed by atoms with Gasteiger partial charge in [0.25, 0.3) is 0 Å². The molecule has 0 amide bonds. The number of rotatable bonds is 5. The van der Waals surface area contributed by atoms with E-state index < -0.39 is 5.97 Å². The molecule has 1 aromatic heterocycles. The van der Waals surface area contributed by atoms with E-state index in [1.807, 2.05) is 12.4 Å². The van der Waals surface area contributed by atoms with E-state index in [9.17, 15) is 4.79 Å². The number of thiazole rings is 1. The van der Waals surface area contributed by atoms with Crippen LogP contribution in [-0.4, -0.2) is 40.6 Å². The van der Waals surface area contributed by atoms with Crippen molar-refractivity contribution in [3.8, 4) is 0 Å². The predicted molar refractivity (Wildman–Crippen MR) is 67.3 cm³/mol. The van der Waals surface area contributed by atoms with Crippen LogP contribution < -0.4 is 0 Å². The molecule has 0 aromatic carbocycles. The molecule has 1 aromatic rings. The zero-order valence-corrected chi connectivity index (χ0v) is 11.0. The fraction of sp³-hybridized carbons (Fsp3) is 0.667. The number of carboxylic acid groups (broad SMARTS) is 1. The van der Waals surface area contributed by atoms with Gasteiger partial charge in [-0.3, -0.25) is 4.79 Å².